The van der Waals surface area contributed by atoms with E-state index in [1.54, 1.807) is 43.3 Å². The Morgan fingerprint density at radius 1 is 1.04 bits per heavy atom. The standard InChI is InChI=1S/C34H33FN4O5S/c1-34(19-36,24-11-12-24)38-32(40)23-6-4-5-22(15-23)26-16-27-29(17-28(26)39(45(3,42)43)18-20-7-8-20)44-31(30(27)33(41)37-2)21-9-13-25(35)14-10-21/h4-6,9-10,13-17,20,24H,7-8,11-12,18H2,1-3H3,(H,37,41)(H,38,40). The van der Waals surface area contributed by atoms with Crippen LogP contribution in [0.4, 0.5) is 10.1 Å². The van der Waals surface area contributed by atoms with Crippen molar-refractivity contribution < 1.29 is 26.8 Å². The summed E-state index contributed by atoms with van der Waals surface area (Å²) in [5.41, 5.74) is 1.64. The number of hydrogen-bond acceptors (Lipinski definition) is 6. The van der Waals surface area contributed by atoms with Crippen molar-refractivity contribution >= 4 is 38.5 Å². The minimum Gasteiger partial charge on any atom is -0.455 e. The van der Waals surface area contributed by atoms with E-state index in [9.17, 15) is 27.7 Å². The Bertz CT molecular complexity index is 1970. The Balaban J connectivity index is 1.55. The van der Waals surface area contributed by atoms with Gasteiger partial charge in [-0.05, 0) is 92.5 Å². The first kappa shape index (κ1) is 30.3. The second-order valence-electron chi connectivity index (χ2n) is 12.1. The lowest BCUT2D eigenvalue weighted by molar-refractivity contribution is 0.0915. The van der Waals surface area contributed by atoms with Crippen molar-refractivity contribution in [3.05, 3.63) is 77.6 Å². The summed E-state index contributed by atoms with van der Waals surface area (Å²) in [7, 11) is -2.26. The predicted molar refractivity (Wildman–Crippen MR) is 170 cm³/mol. The van der Waals surface area contributed by atoms with Crippen LogP contribution >= 0.6 is 0 Å². The zero-order valence-electron chi connectivity index (χ0n) is 25.2. The Hall–Kier alpha value is -4.69. The van der Waals surface area contributed by atoms with E-state index in [1.165, 1.54) is 35.6 Å². The smallest absolute Gasteiger partial charge is 0.255 e. The summed E-state index contributed by atoms with van der Waals surface area (Å²) >= 11 is 0. The van der Waals surface area contributed by atoms with Gasteiger partial charge in [0.05, 0.1) is 23.6 Å². The van der Waals surface area contributed by atoms with Gasteiger partial charge in [0.1, 0.15) is 22.7 Å². The van der Waals surface area contributed by atoms with Crippen LogP contribution in [0.2, 0.25) is 0 Å². The summed E-state index contributed by atoms with van der Waals surface area (Å²) < 4.78 is 47.8. The van der Waals surface area contributed by atoms with Gasteiger partial charge in [-0.3, -0.25) is 13.9 Å². The highest BCUT2D eigenvalue weighted by molar-refractivity contribution is 7.92. The molecule has 0 aliphatic heterocycles. The lowest BCUT2D eigenvalue weighted by Crippen LogP contribution is -2.46. The number of anilines is 1. The van der Waals surface area contributed by atoms with Gasteiger partial charge in [0.15, 0.2) is 0 Å². The predicted octanol–water partition coefficient (Wildman–Crippen LogP) is 5.86. The van der Waals surface area contributed by atoms with Gasteiger partial charge in [0.2, 0.25) is 10.0 Å². The lowest BCUT2D eigenvalue weighted by atomic mass is 9.95. The number of halogens is 1. The molecule has 1 atom stereocenters. The maximum atomic E-state index is 13.8. The van der Waals surface area contributed by atoms with E-state index in [-0.39, 0.29) is 35.3 Å². The molecule has 2 saturated carbocycles. The summed E-state index contributed by atoms with van der Waals surface area (Å²) in [5.74, 6) is -0.784. The first-order valence-corrected chi connectivity index (χ1v) is 16.7. The molecule has 1 unspecified atom stereocenters. The van der Waals surface area contributed by atoms with Crippen molar-refractivity contribution in [1.82, 2.24) is 10.6 Å². The Morgan fingerprint density at radius 2 is 1.76 bits per heavy atom. The van der Waals surface area contributed by atoms with Gasteiger partial charge in [-0.25, -0.2) is 12.8 Å². The molecule has 2 aliphatic rings. The Labute approximate surface area is 261 Å². The fourth-order valence-electron chi connectivity index (χ4n) is 5.69. The van der Waals surface area contributed by atoms with Crippen molar-refractivity contribution in [2.24, 2.45) is 11.8 Å². The monoisotopic (exact) mass is 628 g/mol. The number of hydrogen-bond donors (Lipinski definition) is 2. The van der Waals surface area contributed by atoms with E-state index >= 15 is 0 Å². The van der Waals surface area contributed by atoms with Crippen molar-refractivity contribution in [3.8, 4) is 28.5 Å². The highest BCUT2D eigenvalue weighted by atomic mass is 32.2. The molecule has 11 heteroatoms. The molecular weight excluding hydrogens is 595 g/mol. The fraction of sp³-hybridized carbons (Fsp3) is 0.324. The second-order valence-corrected chi connectivity index (χ2v) is 14.0. The largest absolute Gasteiger partial charge is 0.455 e. The summed E-state index contributed by atoms with van der Waals surface area (Å²) in [6, 6.07) is 17.9. The van der Waals surface area contributed by atoms with Crippen molar-refractivity contribution in [2.75, 3.05) is 24.2 Å². The molecule has 2 N–H and O–H groups in total. The maximum Gasteiger partial charge on any atom is 0.255 e. The number of furan rings is 1. The first-order valence-electron chi connectivity index (χ1n) is 14.8. The minimum absolute atomic E-state index is 0.0916. The normalized spacial score (nSPS) is 16.1. The summed E-state index contributed by atoms with van der Waals surface area (Å²) in [6.07, 6.45) is 4.71. The van der Waals surface area contributed by atoms with Crippen LogP contribution in [0.1, 0.15) is 53.3 Å². The Morgan fingerprint density at radius 3 is 2.36 bits per heavy atom. The SMILES string of the molecule is CNC(=O)c1c(-c2ccc(F)cc2)oc2cc(N(CC3CC3)S(C)(=O)=O)c(-c3cccc(C(=O)NC(C)(C#N)C4CC4)c3)cc12. The first-order chi connectivity index (χ1) is 21.4. The van der Waals surface area contributed by atoms with Crippen LogP contribution < -0.4 is 14.9 Å². The summed E-state index contributed by atoms with van der Waals surface area (Å²) in [4.78, 5) is 26.6. The molecule has 1 aromatic heterocycles. The van der Waals surface area contributed by atoms with Crippen LogP contribution in [0.25, 0.3) is 33.4 Å². The molecule has 6 rings (SSSR count). The maximum absolute atomic E-state index is 13.8. The van der Waals surface area contributed by atoms with Gasteiger partial charge in [-0.15, -0.1) is 0 Å². The van der Waals surface area contributed by atoms with Crippen molar-refractivity contribution in [3.63, 3.8) is 0 Å². The van der Waals surface area contributed by atoms with Gasteiger partial charge in [0, 0.05) is 41.7 Å². The number of sulfonamides is 1. The van der Waals surface area contributed by atoms with Gasteiger partial charge < -0.3 is 15.1 Å². The van der Waals surface area contributed by atoms with Crippen LogP contribution in [0.15, 0.2) is 65.1 Å². The third kappa shape index (κ3) is 6.02. The van der Waals surface area contributed by atoms with Gasteiger partial charge in [-0.1, -0.05) is 12.1 Å². The van der Waals surface area contributed by atoms with E-state index in [4.69, 9.17) is 4.42 Å². The van der Waals surface area contributed by atoms with Gasteiger partial charge >= 0.3 is 0 Å². The van der Waals surface area contributed by atoms with Crippen molar-refractivity contribution in [2.45, 2.75) is 38.1 Å². The van der Waals surface area contributed by atoms with Gasteiger partial charge in [0.25, 0.3) is 11.8 Å². The third-order valence-electron chi connectivity index (χ3n) is 8.59. The number of fused-ring (bicyclic) bond motifs is 1. The van der Waals surface area contributed by atoms with E-state index in [0.29, 0.717) is 33.3 Å². The molecule has 3 aromatic carbocycles. The zero-order chi connectivity index (χ0) is 32.1. The fourth-order valence-corrected chi connectivity index (χ4v) is 6.68. The topological polar surface area (TPSA) is 133 Å². The molecule has 1 heterocycles. The number of amides is 2. The molecular formula is C34H33FN4O5S. The van der Waals surface area contributed by atoms with E-state index in [2.05, 4.69) is 16.7 Å². The Kier molecular flexibility index (Phi) is 7.65. The number of nitrogens with one attached hydrogen (secondary N) is 2. The highest BCUT2D eigenvalue weighted by Crippen LogP contribution is 2.43. The molecule has 0 radical (unpaired) electrons. The molecule has 2 fully saturated rings. The molecule has 0 bridgehead atoms. The number of carbonyl (C=O) groups is 2. The van der Waals surface area contributed by atoms with Crippen LogP contribution in [-0.2, 0) is 10.0 Å². The molecule has 0 spiro atoms. The molecule has 232 valence electrons. The second kappa shape index (κ2) is 11.3. The molecule has 45 heavy (non-hydrogen) atoms. The van der Waals surface area contributed by atoms with Crippen LogP contribution in [0, 0.1) is 29.0 Å². The average molecular weight is 629 g/mol. The minimum atomic E-state index is -3.75. The third-order valence-corrected chi connectivity index (χ3v) is 9.74. The zero-order valence-corrected chi connectivity index (χ0v) is 26.0. The molecule has 0 saturated heterocycles. The number of nitrogens with zero attached hydrogens (tertiary/aromatic N) is 2. The average Bonchev–Trinajstić information content (AvgIpc) is 3.96. The molecule has 2 amide bonds. The van der Waals surface area contributed by atoms with Crippen molar-refractivity contribution in [1.29, 1.82) is 5.26 Å². The molecule has 2 aliphatic carbocycles. The van der Waals surface area contributed by atoms with Crippen LogP contribution in [-0.4, -0.2) is 45.6 Å². The molecule has 4 aromatic rings. The quantitative estimate of drug-likeness (QED) is 0.226. The van der Waals surface area contributed by atoms with E-state index in [0.717, 1.165) is 31.9 Å². The number of benzene rings is 3. The lowest BCUT2D eigenvalue weighted by Gasteiger charge is -2.26. The number of carbonyl (C=O) groups excluding carboxylic acids is 2. The van der Waals surface area contributed by atoms with E-state index < -0.39 is 33.2 Å². The number of rotatable bonds is 10. The van der Waals surface area contributed by atoms with Gasteiger partial charge in [-0.2, -0.15) is 5.26 Å². The number of nitriles is 1. The molecule has 9 nitrogen and oxygen atoms in total. The van der Waals surface area contributed by atoms with Crippen LogP contribution in [0.5, 0.6) is 0 Å². The summed E-state index contributed by atoms with van der Waals surface area (Å²) in [5, 5.41) is 15.7. The van der Waals surface area contributed by atoms with E-state index in [1.807, 2.05) is 0 Å². The highest BCUT2D eigenvalue weighted by Gasteiger charge is 2.43. The van der Waals surface area contributed by atoms with Crippen LogP contribution in [0.3, 0.4) is 0 Å². The summed E-state index contributed by atoms with van der Waals surface area (Å²) in [6.45, 7) is 1.99.